The Morgan fingerprint density at radius 3 is 2.26 bits per heavy atom. The molecule has 1 saturated carbocycles. The molecule has 0 spiro atoms. The summed E-state index contributed by atoms with van der Waals surface area (Å²) in [5.74, 6) is 2.31. The first kappa shape index (κ1) is 14.8. The van der Waals surface area contributed by atoms with Crippen molar-refractivity contribution in [3.8, 4) is 0 Å². The van der Waals surface area contributed by atoms with Crippen LogP contribution in [0.5, 0.6) is 0 Å². The van der Waals surface area contributed by atoms with Gasteiger partial charge in [-0.25, -0.2) is 0 Å². The zero-order chi connectivity index (χ0) is 14.2. The second kappa shape index (κ2) is 5.82. The second-order valence-corrected chi connectivity index (χ2v) is 7.13. The summed E-state index contributed by atoms with van der Waals surface area (Å²) in [7, 11) is 0. The van der Waals surface area contributed by atoms with Crippen molar-refractivity contribution in [1.29, 1.82) is 0 Å². The van der Waals surface area contributed by atoms with E-state index in [0.717, 1.165) is 18.3 Å². The van der Waals surface area contributed by atoms with Crippen LogP contribution < -0.4 is 5.32 Å². The molecule has 2 rings (SSSR count). The van der Waals surface area contributed by atoms with E-state index in [9.17, 15) is 4.79 Å². The van der Waals surface area contributed by atoms with Crippen molar-refractivity contribution in [2.45, 2.75) is 78.6 Å². The first-order chi connectivity index (χ1) is 8.93. The fraction of sp³-hybridized carbons (Fsp3) is 0.938. The first-order valence-corrected chi connectivity index (χ1v) is 8.02. The third-order valence-electron chi connectivity index (χ3n) is 4.81. The van der Waals surface area contributed by atoms with Crippen molar-refractivity contribution in [2.24, 2.45) is 17.8 Å². The lowest BCUT2D eigenvalue weighted by Gasteiger charge is -2.41. The molecule has 4 atom stereocenters. The van der Waals surface area contributed by atoms with Crippen molar-refractivity contribution in [3.63, 3.8) is 0 Å². The molecule has 2 fully saturated rings. The van der Waals surface area contributed by atoms with Crippen LogP contribution in [-0.2, 0) is 4.79 Å². The maximum Gasteiger partial charge on any atom is 0.241 e. The summed E-state index contributed by atoms with van der Waals surface area (Å²) in [4.78, 5) is 14.8. The molecule has 1 saturated heterocycles. The van der Waals surface area contributed by atoms with Gasteiger partial charge in [0.05, 0.1) is 12.2 Å². The monoisotopic (exact) mass is 266 g/mol. The van der Waals surface area contributed by atoms with E-state index in [-0.39, 0.29) is 12.2 Å². The van der Waals surface area contributed by atoms with Gasteiger partial charge in [0.2, 0.25) is 5.91 Å². The number of carbonyl (C=O) groups is 1. The number of hydrogen-bond acceptors (Lipinski definition) is 2. The van der Waals surface area contributed by atoms with Crippen LogP contribution in [0.3, 0.4) is 0 Å². The molecule has 1 aliphatic heterocycles. The highest BCUT2D eigenvalue weighted by atomic mass is 16.2. The van der Waals surface area contributed by atoms with E-state index in [2.05, 4.69) is 44.8 Å². The molecule has 1 aliphatic carbocycles. The Balaban J connectivity index is 2.17. The molecule has 0 bridgehead atoms. The van der Waals surface area contributed by atoms with E-state index in [4.69, 9.17) is 0 Å². The second-order valence-electron chi connectivity index (χ2n) is 7.13. The molecule has 0 aromatic heterocycles. The van der Waals surface area contributed by atoms with Crippen molar-refractivity contribution >= 4 is 5.91 Å². The number of nitrogens with zero attached hydrogens (tertiary/aromatic N) is 1. The van der Waals surface area contributed by atoms with Gasteiger partial charge in [-0.05, 0) is 43.4 Å². The summed E-state index contributed by atoms with van der Waals surface area (Å²) in [5, 5.41) is 3.54. The molecular weight excluding hydrogens is 236 g/mol. The highest BCUT2D eigenvalue weighted by molar-refractivity contribution is 5.84. The van der Waals surface area contributed by atoms with Gasteiger partial charge in [-0.1, -0.05) is 34.6 Å². The fourth-order valence-corrected chi connectivity index (χ4v) is 4.02. The van der Waals surface area contributed by atoms with Crippen LogP contribution in [0.15, 0.2) is 0 Å². The molecule has 0 aromatic rings. The van der Waals surface area contributed by atoms with Crippen molar-refractivity contribution in [3.05, 3.63) is 0 Å². The summed E-state index contributed by atoms with van der Waals surface area (Å²) >= 11 is 0. The quantitative estimate of drug-likeness (QED) is 0.851. The zero-order valence-electron chi connectivity index (χ0n) is 13.1. The van der Waals surface area contributed by atoms with Gasteiger partial charge < -0.3 is 4.90 Å². The summed E-state index contributed by atoms with van der Waals surface area (Å²) in [6.07, 6.45) is 4.81. The third-order valence-corrected chi connectivity index (χ3v) is 4.81. The Morgan fingerprint density at radius 1 is 1.21 bits per heavy atom. The smallest absolute Gasteiger partial charge is 0.241 e. The number of rotatable bonds is 3. The molecule has 1 heterocycles. The Bertz CT molecular complexity index is 319. The van der Waals surface area contributed by atoms with Gasteiger partial charge in [0.25, 0.3) is 0 Å². The van der Waals surface area contributed by atoms with Crippen LogP contribution in [0.25, 0.3) is 0 Å². The standard InChI is InChI=1S/C16H30N2O/c1-6-14-16(19)18(15(17-14)10(2)3)13-8-11(4)7-12(5)9-13/h10-15,17H,6-9H2,1-5H3. The Labute approximate surface area is 118 Å². The molecule has 1 N–H and O–H groups in total. The van der Waals surface area contributed by atoms with Gasteiger partial charge >= 0.3 is 0 Å². The highest BCUT2D eigenvalue weighted by Gasteiger charge is 2.44. The van der Waals surface area contributed by atoms with Gasteiger partial charge in [0.15, 0.2) is 0 Å². The van der Waals surface area contributed by atoms with Crippen LogP contribution >= 0.6 is 0 Å². The minimum Gasteiger partial charge on any atom is -0.323 e. The average Bonchev–Trinajstić information content (AvgIpc) is 2.65. The van der Waals surface area contributed by atoms with Crippen LogP contribution in [-0.4, -0.2) is 29.1 Å². The lowest BCUT2D eigenvalue weighted by Crippen LogP contribution is -2.49. The predicted octanol–water partition coefficient (Wildman–Crippen LogP) is 3.00. The van der Waals surface area contributed by atoms with Gasteiger partial charge in [-0.15, -0.1) is 0 Å². The molecule has 1 amide bonds. The summed E-state index contributed by atoms with van der Waals surface area (Å²) in [5.41, 5.74) is 0. The fourth-order valence-electron chi connectivity index (χ4n) is 4.02. The Kier molecular flexibility index (Phi) is 4.54. The van der Waals surface area contributed by atoms with Crippen LogP contribution in [0, 0.1) is 17.8 Å². The van der Waals surface area contributed by atoms with Crippen molar-refractivity contribution in [1.82, 2.24) is 10.2 Å². The minimum absolute atomic E-state index is 0.0416. The lowest BCUT2D eigenvalue weighted by atomic mass is 9.79. The topological polar surface area (TPSA) is 32.3 Å². The Hall–Kier alpha value is -0.570. The van der Waals surface area contributed by atoms with Gasteiger partial charge in [-0.3, -0.25) is 10.1 Å². The van der Waals surface area contributed by atoms with Gasteiger partial charge in [0.1, 0.15) is 0 Å². The van der Waals surface area contributed by atoms with Gasteiger partial charge in [-0.2, -0.15) is 0 Å². The third kappa shape index (κ3) is 2.96. The van der Waals surface area contributed by atoms with Crippen molar-refractivity contribution in [2.75, 3.05) is 0 Å². The average molecular weight is 266 g/mol. The maximum atomic E-state index is 12.6. The summed E-state index contributed by atoms with van der Waals surface area (Å²) < 4.78 is 0. The lowest BCUT2D eigenvalue weighted by molar-refractivity contribution is -0.134. The SMILES string of the molecule is CCC1NC(C(C)C)N(C2CC(C)CC(C)C2)C1=O. The maximum absolute atomic E-state index is 12.6. The van der Waals surface area contributed by atoms with E-state index >= 15 is 0 Å². The van der Waals surface area contributed by atoms with Gasteiger partial charge in [0, 0.05) is 6.04 Å². The highest BCUT2D eigenvalue weighted by Crippen LogP contribution is 2.35. The predicted molar refractivity (Wildman–Crippen MR) is 78.7 cm³/mol. The largest absolute Gasteiger partial charge is 0.323 e. The molecule has 2 aliphatic rings. The molecule has 0 radical (unpaired) electrons. The number of nitrogens with one attached hydrogen (secondary N) is 1. The molecule has 110 valence electrons. The molecule has 19 heavy (non-hydrogen) atoms. The van der Waals surface area contributed by atoms with Crippen LogP contribution in [0.2, 0.25) is 0 Å². The zero-order valence-corrected chi connectivity index (χ0v) is 13.1. The number of amides is 1. The molecule has 3 heteroatoms. The van der Waals surface area contributed by atoms with Crippen LogP contribution in [0.4, 0.5) is 0 Å². The molecule has 3 nitrogen and oxygen atoms in total. The van der Waals surface area contributed by atoms with Crippen molar-refractivity contribution < 1.29 is 4.79 Å². The van der Waals surface area contributed by atoms with E-state index < -0.39 is 0 Å². The normalized spacial score (nSPS) is 40.2. The first-order valence-electron chi connectivity index (χ1n) is 8.02. The number of carbonyl (C=O) groups excluding carboxylic acids is 1. The van der Waals surface area contributed by atoms with Crippen LogP contribution in [0.1, 0.15) is 60.3 Å². The summed E-state index contributed by atoms with van der Waals surface area (Å²) in [6, 6.07) is 0.489. The van der Waals surface area contributed by atoms with E-state index in [1.807, 2.05) is 0 Å². The van der Waals surface area contributed by atoms with E-state index in [0.29, 0.717) is 17.9 Å². The molecule has 0 aromatic carbocycles. The van der Waals surface area contributed by atoms with E-state index in [1.54, 1.807) is 0 Å². The molecule has 4 unspecified atom stereocenters. The minimum atomic E-state index is 0.0416. The molecular formula is C16H30N2O. The number of hydrogen-bond donors (Lipinski definition) is 1. The Morgan fingerprint density at radius 2 is 1.79 bits per heavy atom. The van der Waals surface area contributed by atoms with E-state index in [1.165, 1.54) is 19.3 Å². The summed E-state index contributed by atoms with van der Waals surface area (Å²) in [6.45, 7) is 11.2.